The first-order valence-corrected chi connectivity index (χ1v) is 2.94. The average Bonchev–Trinajstić information content (AvgIpc) is 2.34. The molecule has 0 spiro atoms. The lowest BCUT2D eigenvalue weighted by Gasteiger charge is -1.81. The van der Waals surface area contributed by atoms with Gasteiger partial charge >= 0.3 is 0 Å². The Morgan fingerprint density at radius 1 is 1.30 bits per heavy atom. The molecule has 0 fully saturated rings. The second-order valence-electron chi connectivity index (χ2n) is 2.03. The molecule has 0 unspecified atom stereocenters. The van der Waals surface area contributed by atoms with Crippen molar-refractivity contribution < 1.29 is 4.52 Å². The molecule has 3 nitrogen and oxygen atoms in total. The predicted octanol–water partition coefficient (Wildman–Crippen LogP) is 1.74. The molecular weight excluding hydrogens is 128 g/mol. The van der Waals surface area contributed by atoms with Crippen LogP contribution in [0.1, 0.15) is 0 Å². The van der Waals surface area contributed by atoms with Gasteiger partial charge in [-0.2, -0.15) is 0 Å². The van der Waals surface area contributed by atoms with Crippen LogP contribution in [-0.4, -0.2) is 5.16 Å². The molecular formula is C7H5N2O. The molecule has 1 aromatic carbocycles. The Labute approximate surface area is 57.4 Å². The van der Waals surface area contributed by atoms with Crippen molar-refractivity contribution in [2.75, 3.05) is 0 Å². The maximum Gasteiger partial charge on any atom is 0.195 e. The van der Waals surface area contributed by atoms with Crippen molar-refractivity contribution in [1.29, 1.82) is 0 Å². The monoisotopic (exact) mass is 133 g/mol. The summed E-state index contributed by atoms with van der Waals surface area (Å²) < 4.78 is 4.81. The van der Waals surface area contributed by atoms with E-state index in [9.17, 15) is 0 Å². The molecule has 0 aliphatic heterocycles. The molecule has 1 radical (unpaired) electrons. The Kier molecular flexibility index (Phi) is 0.917. The number of nitrogens with zero attached hydrogens (tertiary/aromatic N) is 1. The molecule has 2 rings (SSSR count). The molecule has 0 amide bonds. The van der Waals surface area contributed by atoms with Crippen LogP contribution >= 0.6 is 0 Å². The third-order valence-electron chi connectivity index (χ3n) is 1.38. The van der Waals surface area contributed by atoms with Crippen molar-refractivity contribution in [3.8, 4) is 0 Å². The first-order chi connectivity index (χ1) is 4.88. The highest BCUT2D eigenvalue weighted by Gasteiger charge is 2.01. The number of nitrogens with one attached hydrogen (secondary N) is 1. The zero-order chi connectivity index (χ0) is 6.97. The summed E-state index contributed by atoms with van der Waals surface area (Å²) in [6.45, 7) is 0. The Hall–Kier alpha value is -1.51. The van der Waals surface area contributed by atoms with Gasteiger partial charge in [0.25, 0.3) is 0 Å². The Morgan fingerprint density at radius 2 is 2.10 bits per heavy atom. The zero-order valence-electron chi connectivity index (χ0n) is 5.16. The number of hydrogen-bond donors (Lipinski definition) is 0. The molecule has 0 bridgehead atoms. The smallest absolute Gasteiger partial charge is 0.195 e. The van der Waals surface area contributed by atoms with Gasteiger partial charge in [-0.05, 0) is 12.1 Å². The van der Waals surface area contributed by atoms with Crippen LogP contribution in [0.15, 0.2) is 28.8 Å². The van der Waals surface area contributed by atoms with Gasteiger partial charge in [0.1, 0.15) is 0 Å². The van der Waals surface area contributed by atoms with E-state index in [0.717, 1.165) is 5.39 Å². The van der Waals surface area contributed by atoms with E-state index in [0.29, 0.717) is 5.58 Å². The number of para-hydroxylation sites is 1. The SMILES string of the molecule is [NH]c1noc2ccccc12. The summed E-state index contributed by atoms with van der Waals surface area (Å²) in [6.07, 6.45) is 0. The highest BCUT2D eigenvalue weighted by Crippen LogP contribution is 2.19. The first-order valence-electron chi connectivity index (χ1n) is 2.94. The minimum absolute atomic E-state index is 0.204. The highest BCUT2D eigenvalue weighted by atomic mass is 16.5. The molecule has 1 aromatic heterocycles. The predicted molar refractivity (Wildman–Crippen MR) is 36.8 cm³/mol. The number of hydrogen-bond acceptors (Lipinski definition) is 2. The third kappa shape index (κ3) is 0.572. The van der Waals surface area contributed by atoms with Crippen molar-refractivity contribution in [1.82, 2.24) is 10.9 Å². The number of rotatable bonds is 0. The van der Waals surface area contributed by atoms with E-state index >= 15 is 0 Å². The van der Waals surface area contributed by atoms with Crippen LogP contribution in [-0.2, 0) is 0 Å². The van der Waals surface area contributed by atoms with E-state index in [-0.39, 0.29) is 5.82 Å². The third-order valence-corrected chi connectivity index (χ3v) is 1.38. The zero-order valence-corrected chi connectivity index (χ0v) is 5.16. The van der Waals surface area contributed by atoms with Gasteiger partial charge in [-0.25, -0.2) is 0 Å². The van der Waals surface area contributed by atoms with E-state index in [1.807, 2.05) is 18.2 Å². The van der Waals surface area contributed by atoms with E-state index < -0.39 is 0 Å². The minimum atomic E-state index is 0.204. The average molecular weight is 133 g/mol. The van der Waals surface area contributed by atoms with Crippen LogP contribution < -0.4 is 5.73 Å². The summed E-state index contributed by atoms with van der Waals surface area (Å²) in [7, 11) is 0. The largest absolute Gasteiger partial charge is 0.354 e. The lowest BCUT2D eigenvalue weighted by molar-refractivity contribution is 0.458. The summed E-state index contributed by atoms with van der Waals surface area (Å²) in [5.41, 5.74) is 7.91. The molecule has 1 N–H and O–H groups in total. The van der Waals surface area contributed by atoms with Crippen molar-refractivity contribution in [3.05, 3.63) is 24.3 Å². The molecule has 10 heavy (non-hydrogen) atoms. The first kappa shape index (κ1) is 5.29. The van der Waals surface area contributed by atoms with E-state index in [2.05, 4.69) is 5.16 Å². The normalized spacial score (nSPS) is 10.4. The number of aromatic nitrogens is 1. The van der Waals surface area contributed by atoms with Gasteiger partial charge in [0.2, 0.25) is 0 Å². The lowest BCUT2D eigenvalue weighted by atomic mass is 10.2. The Balaban J connectivity index is 2.93. The fraction of sp³-hybridized carbons (Fsp3) is 0. The van der Waals surface area contributed by atoms with Gasteiger partial charge in [0, 0.05) is 0 Å². The molecule has 0 saturated carbocycles. The van der Waals surface area contributed by atoms with Crippen LogP contribution in [0.3, 0.4) is 0 Å². The standard InChI is InChI=1S/C7H5N2O/c8-7-5-3-1-2-4-6(5)10-9-7/h1-4,8H. The quantitative estimate of drug-likeness (QED) is 0.549. The van der Waals surface area contributed by atoms with Gasteiger partial charge in [0.15, 0.2) is 11.4 Å². The summed E-state index contributed by atoms with van der Waals surface area (Å²) in [4.78, 5) is 0. The Bertz CT molecular complexity index is 353. The molecule has 49 valence electrons. The summed E-state index contributed by atoms with van der Waals surface area (Å²) >= 11 is 0. The second-order valence-corrected chi connectivity index (χ2v) is 2.03. The molecule has 1 heterocycles. The lowest BCUT2D eigenvalue weighted by Crippen LogP contribution is -1.65. The summed E-state index contributed by atoms with van der Waals surface area (Å²) in [6, 6.07) is 7.32. The molecule has 3 heteroatoms. The fourth-order valence-corrected chi connectivity index (χ4v) is 0.886. The highest BCUT2D eigenvalue weighted by molar-refractivity contribution is 5.85. The maximum absolute atomic E-state index is 7.24. The molecule has 2 aromatic rings. The van der Waals surface area contributed by atoms with E-state index in [1.54, 1.807) is 6.07 Å². The van der Waals surface area contributed by atoms with Crippen LogP contribution in [0.2, 0.25) is 0 Å². The molecule has 0 saturated heterocycles. The number of fused-ring (bicyclic) bond motifs is 1. The van der Waals surface area contributed by atoms with Crippen molar-refractivity contribution in [3.63, 3.8) is 0 Å². The van der Waals surface area contributed by atoms with Gasteiger partial charge in [-0.3, -0.25) is 5.73 Å². The topological polar surface area (TPSA) is 49.8 Å². The van der Waals surface area contributed by atoms with Crippen molar-refractivity contribution in [2.24, 2.45) is 0 Å². The van der Waals surface area contributed by atoms with Crippen LogP contribution in [0, 0.1) is 0 Å². The second kappa shape index (κ2) is 1.73. The van der Waals surface area contributed by atoms with Gasteiger partial charge in [-0.15, -0.1) is 0 Å². The van der Waals surface area contributed by atoms with Gasteiger partial charge in [0.05, 0.1) is 5.39 Å². The summed E-state index contributed by atoms with van der Waals surface area (Å²) in [5, 5.41) is 4.25. The molecule has 0 aliphatic rings. The molecule has 0 atom stereocenters. The van der Waals surface area contributed by atoms with Crippen molar-refractivity contribution in [2.45, 2.75) is 0 Å². The maximum atomic E-state index is 7.24. The number of benzene rings is 1. The van der Waals surface area contributed by atoms with Crippen molar-refractivity contribution >= 4 is 16.8 Å². The van der Waals surface area contributed by atoms with Gasteiger partial charge in [-0.1, -0.05) is 17.3 Å². The summed E-state index contributed by atoms with van der Waals surface area (Å²) in [5.74, 6) is 0.204. The fourth-order valence-electron chi connectivity index (χ4n) is 0.886. The van der Waals surface area contributed by atoms with E-state index in [1.165, 1.54) is 0 Å². The Morgan fingerprint density at radius 3 is 2.90 bits per heavy atom. The van der Waals surface area contributed by atoms with Crippen LogP contribution in [0.4, 0.5) is 5.82 Å². The molecule has 0 aliphatic carbocycles. The minimum Gasteiger partial charge on any atom is -0.354 e. The van der Waals surface area contributed by atoms with Gasteiger partial charge < -0.3 is 4.52 Å². The van der Waals surface area contributed by atoms with E-state index in [4.69, 9.17) is 10.3 Å². The van der Waals surface area contributed by atoms with Crippen LogP contribution in [0.25, 0.3) is 11.0 Å². The van der Waals surface area contributed by atoms with Crippen LogP contribution in [0.5, 0.6) is 0 Å².